The number of hydrogen-bond donors (Lipinski definition) is 1. The Labute approximate surface area is 170 Å². The van der Waals surface area contributed by atoms with Crippen LogP contribution in [0.3, 0.4) is 0 Å². The number of nitrogens with one attached hydrogen (secondary N) is 1. The molecule has 0 saturated heterocycles. The van der Waals surface area contributed by atoms with Gasteiger partial charge in [0.15, 0.2) is 0 Å². The van der Waals surface area contributed by atoms with Crippen LogP contribution in [-0.4, -0.2) is 26.2 Å². The lowest BCUT2D eigenvalue weighted by molar-refractivity contribution is -0.431. The van der Waals surface area contributed by atoms with Crippen molar-refractivity contribution >= 4 is 17.0 Å². The highest BCUT2D eigenvalue weighted by Gasteiger charge is 2.42. The average molecular weight is 407 g/mol. The molecule has 0 aliphatic carbocycles. The van der Waals surface area contributed by atoms with Crippen molar-refractivity contribution in [3.63, 3.8) is 0 Å². The smallest absolute Gasteiger partial charge is 0.337 e. The zero-order valence-electron chi connectivity index (χ0n) is 16.2. The second-order valence-corrected chi connectivity index (χ2v) is 6.77. The average Bonchev–Trinajstić information content (AvgIpc) is 3.21. The van der Waals surface area contributed by atoms with Crippen LogP contribution in [0, 0.1) is 10.1 Å². The summed E-state index contributed by atoms with van der Waals surface area (Å²) in [5, 5.41) is 22.6. The molecule has 0 fully saturated rings. The van der Waals surface area contributed by atoms with Crippen molar-refractivity contribution in [1.82, 2.24) is 20.6 Å². The van der Waals surface area contributed by atoms with Crippen molar-refractivity contribution in [2.75, 3.05) is 0 Å². The molecule has 2 aromatic heterocycles. The number of nitrogens with zero attached hydrogens (tertiary/aromatic N) is 4. The number of pyridine rings is 1. The fraction of sp³-hybridized carbons (Fsp3) is 0.200. The molecule has 0 saturated carbocycles. The Kier molecular flexibility index (Phi) is 4.97. The molecule has 1 aliphatic heterocycles. The number of aromatic nitrogens is 3. The van der Waals surface area contributed by atoms with Gasteiger partial charge >= 0.3 is 5.97 Å². The third-order valence-corrected chi connectivity index (χ3v) is 4.89. The van der Waals surface area contributed by atoms with Crippen molar-refractivity contribution in [2.24, 2.45) is 0 Å². The molecular formula is C20H17N5O5. The topological polar surface area (TPSA) is 133 Å². The molecule has 1 aliphatic rings. The molecule has 3 heterocycles. The summed E-state index contributed by atoms with van der Waals surface area (Å²) in [6.45, 7) is 3.28. The van der Waals surface area contributed by atoms with Crippen LogP contribution in [0.1, 0.15) is 30.9 Å². The number of benzene rings is 1. The van der Waals surface area contributed by atoms with Gasteiger partial charge in [-0.3, -0.25) is 15.1 Å². The third-order valence-electron chi connectivity index (χ3n) is 4.89. The molecule has 30 heavy (non-hydrogen) atoms. The van der Waals surface area contributed by atoms with Gasteiger partial charge in [0.25, 0.3) is 5.70 Å². The third kappa shape index (κ3) is 3.39. The van der Waals surface area contributed by atoms with E-state index in [0.717, 1.165) is 5.56 Å². The Balaban J connectivity index is 1.78. The number of ether oxygens (including phenoxy) is 1. The minimum atomic E-state index is -0.998. The lowest BCUT2D eigenvalue weighted by atomic mass is 9.83. The molecule has 1 N–H and O–H groups in total. The highest BCUT2D eigenvalue weighted by Crippen LogP contribution is 2.40. The van der Waals surface area contributed by atoms with E-state index in [-0.39, 0.29) is 17.9 Å². The summed E-state index contributed by atoms with van der Waals surface area (Å²) in [5.41, 5.74) is 2.76. The molecule has 1 atom stereocenters. The minimum Gasteiger partial charge on any atom is -0.457 e. The van der Waals surface area contributed by atoms with Gasteiger partial charge in [0, 0.05) is 23.7 Å². The quantitative estimate of drug-likeness (QED) is 0.385. The van der Waals surface area contributed by atoms with E-state index in [4.69, 9.17) is 9.37 Å². The maximum absolute atomic E-state index is 13.1. The minimum absolute atomic E-state index is 0.0110. The van der Waals surface area contributed by atoms with E-state index in [1.54, 1.807) is 56.6 Å². The first kappa shape index (κ1) is 19.2. The van der Waals surface area contributed by atoms with E-state index in [0.29, 0.717) is 28.0 Å². The summed E-state index contributed by atoms with van der Waals surface area (Å²) in [5.74, 6) is -1.66. The van der Waals surface area contributed by atoms with E-state index in [1.165, 1.54) is 0 Å². The van der Waals surface area contributed by atoms with E-state index in [1.807, 2.05) is 0 Å². The Bertz CT molecular complexity index is 1200. The number of nitro groups is 1. The standard InChI is InChI=1S/C20H17N5O5/c1-11-16(20(26)29-10-13-6-8-21-9-7-13)17(19(25(27)28)12(2)22-11)14-4-3-5-15-18(14)24-30-23-15/h3-9,17,22H,10H2,1-2H3/t17-/m0/s1. The van der Waals surface area contributed by atoms with E-state index in [9.17, 15) is 14.9 Å². The number of dihydropyridines is 1. The van der Waals surface area contributed by atoms with Crippen LogP contribution in [-0.2, 0) is 16.1 Å². The molecule has 3 aromatic rings. The molecule has 0 spiro atoms. The van der Waals surface area contributed by atoms with Gasteiger partial charge in [-0.15, -0.1) is 0 Å². The monoisotopic (exact) mass is 407 g/mol. The van der Waals surface area contributed by atoms with Crippen molar-refractivity contribution in [3.05, 3.63) is 86.6 Å². The number of carbonyl (C=O) groups excluding carboxylic acids is 1. The van der Waals surface area contributed by atoms with Crippen LogP contribution in [0.25, 0.3) is 11.0 Å². The predicted molar refractivity (Wildman–Crippen MR) is 104 cm³/mol. The van der Waals surface area contributed by atoms with Crippen LogP contribution in [0.5, 0.6) is 0 Å². The first-order valence-electron chi connectivity index (χ1n) is 9.07. The lowest BCUT2D eigenvalue weighted by Gasteiger charge is -2.26. The normalized spacial score (nSPS) is 16.5. The second-order valence-electron chi connectivity index (χ2n) is 6.77. The number of hydrogen-bond acceptors (Lipinski definition) is 9. The van der Waals surface area contributed by atoms with Crippen LogP contribution in [0.4, 0.5) is 0 Å². The van der Waals surface area contributed by atoms with Gasteiger partial charge in [0.2, 0.25) is 0 Å². The highest BCUT2D eigenvalue weighted by atomic mass is 16.6. The number of fused-ring (bicyclic) bond motifs is 1. The molecule has 10 heteroatoms. The molecule has 0 unspecified atom stereocenters. The van der Waals surface area contributed by atoms with Crippen molar-refractivity contribution in [1.29, 1.82) is 0 Å². The number of esters is 1. The Morgan fingerprint density at radius 3 is 2.70 bits per heavy atom. The van der Waals surface area contributed by atoms with Crippen LogP contribution < -0.4 is 5.32 Å². The lowest BCUT2D eigenvalue weighted by Crippen LogP contribution is -2.31. The molecular weight excluding hydrogens is 390 g/mol. The maximum atomic E-state index is 13.1. The highest BCUT2D eigenvalue weighted by molar-refractivity contribution is 5.94. The molecule has 0 bridgehead atoms. The Morgan fingerprint density at radius 2 is 1.97 bits per heavy atom. The zero-order chi connectivity index (χ0) is 21.3. The largest absolute Gasteiger partial charge is 0.457 e. The SMILES string of the molecule is CC1=C(C(=O)OCc2ccncc2)[C@H](c2cccc3nonc23)C([N+](=O)[O-])=C(C)N1. The first-order valence-corrected chi connectivity index (χ1v) is 9.07. The Hall–Kier alpha value is -4.08. The number of rotatable bonds is 5. The van der Waals surface area contributed by atoms with Crippen molar-refractivity contribution in [3.8, 4) is 0 Å². The zero-order valence-corrected chi connectivity index (χ0v) is 16.2. The van der Waals surface area contributed by atoms with Gasteiger partial charge in [-0.2, -0.15) is 0 Å². The summed E-state index contributed by atoms with van der Waals surface area (Å²) in [7, 11) is 0. The number of carbonyl (C=O) groups is 1. The molecule has 4 rings (SSSR count). The van der Waals surface area contributed by atoms with Gasteiger partial charge in [-0.25, -0.2) is 9.42 Å². The predicted octanol–water partition coefficient (Wildman–Crippen LogP) is 2.83. The first-order chi connectivity index (χ1) is 14.5. The molecule has 10 nitrogen and oxygen atoms in total. The van der Waals surface area contributed by atoms with Crippen LogP contribution >= 0.6 is 0 Å². The Morgan fingerprint density at radius 1 is 1.20 bits per heavy atom. The number of allylic oxidation sites excluding steroid dienone is 3. The van der Waals surface area contributed by atoms with E-state index < -0.39 is 16.8 Å². The van der Waals surface area contributed by atoms with Gasteiger partial charge in [-0.05, 0) is 47.9 Å². The van der Waals surface area contributed by atoms with Gasteiger partial charge < -0.3 is 10.1 Å². The molecule has 0 radical (unpaired) electrons. The maximum Gasteiger partial charge on any atom is 0.337 e. The summed E-state index contributed by atoms with van der Waals surface area (Å²) in [6.07, 6.45) is 3.18. The second kappa shape index (κ2) is 7.74. The summed E-state index contributed by atoms with van der Waals surface area (Å²) in [4.78, 5) is 28.4. The molecule has 1 aromatic carbocycles. The molecule has 152 valence electrons. The van der Waals surface area contributed by atoms with E-state index >= 15 is 0 Å². The molecule has 0 amide bonds. The van der Waals surface area contributed by atoms with Gasteiger partial charge in [0.1, 0.15) is 23.6 Å². The van der Waals surface area contributed by atoms with Gasteiger partial charge in [0.05, 0.1) is 16.2 Å². The van der Waals surface area contributed by atoms with Crippen LogP contribution in [0.2, 0.25) is 0 Å². The fourth-order valence-corrected chi connectivity index (χ4v) is 3.56. The van der Waals surface area contributed by atoms with E-state index in [2.05, 4.69) is 20.6 Å². The van der Waals surface area contributed by atoms with Crippen molar-refractivity contribution in [2.45, 2.75) is 26.4 Å². The van der Waals surface area contributed by atoms with Gasteiger partial charge in [-0.1, -0.05) is 12.1 Å². The summed E-state index contributed by atoms with van der Waals surface area (Å²) >= 11 is 0. The fourth-order valence-electron chi connectivity index (χ4n) is 3.56. The van der Waals surface area contributed by atoms with Crippen molar-refractivity contribution < 1.29 is 19.1 Å². The van der Waals surface area contributed by atoms with Crippen LogP contribution in [0.15, 0.2) is 70.0 Å². The summed E-state index contributed by atoms with van der Waals surface area (Å²) < 4.78 is 10.3. The summed E-state index contributed by atoms with van der Waals surface area (Å²) in [6, 6.07) is 8.48.